The van der Waals surface area contributed by atoms with Crippen LogP contribution in [0.5, 0.6) is 23.0 Å². The summed E-state index contributed by atoms with van der Waals surface area (Å²) < 4.78 is 27.1. The highest BCUT2D eigenvalue weighted by Crippen LogP contribution is 2.41. The van der Waals surface area contributed by atoms with Crippen LogP contribution in [0.1, 0.15) is 0 Å². The Bertz CT molecular complexity index is 753. The normalized spacial score (nSPS) is 10.1. The lowest BCUT2D eigenvalue weighted by atomic mass is 10.1. The molecule has 0 saturated heterocycles. The number of hydrogen-bond donors (Lipinski definition) is 0. The average Bonchev–Trinajstić information content (AvgIpc) is 2.96. The molecule has 0 spiro atoms. The number of benzene rings is 2. The molecule has 122 valence electrons. The molecule has 1 heterocycles. The molecule has 0 radical (unpaired) electrons. The van der Waals surface area contributed by atoms with E-state index in [2.05, 4.69) is 13.2 Å². The van der Waals surface area contributed by atoms with Gasteiger partial charge in [0.25, 0.3) is 0 Å². The Hall–Kier alpha value is -2.82. The van der Waals surface area contributed by atoms with E-state index in [-0.39, 0.29) is 0 Å². The van der Waals surface area contributed by atoms with Crippen LogP contribution < -0.4 is 18.9 Å². The van der Waals surface area contributed by atoms with E-state index in [4.69, 9.17) is 23.4 Å². The number of rotatable bonds is 4. The number of furan rings is 1. The van der Waals surface area contributed by atoms with Gasteiger partial charge in [0, 0.05) is 22.9 Å². The van der Waals surface area contributed by atoms with Crippen molar-refractivity contribution in [3.63, 3.8) is 0 Å². The van der Waals surface area contributed by atoms with Crippen LogP contribution in [0.2, 0.25) is 0 Å². The van der Waals surface area contributed by atoms with E-state index in [0.29, 0.717) is 23.0 Å². The molecule has 0 bridgehead atoms. The van der Waals surface area contributed by atoms with Crippen LogP contribution in [-0.2, 0) is 0 Å². The van der Waals surface area contributed by atoms with Crippen LogP contribution in [0, 0.1) is 0 Å². The zero-order chi connectivity index (χ0) is 17.0. The summed E-state index contributed by atoms with van der Waals surface area (Å²) in [6, 6.07) is 7.41. The van der Waals surface area contributed by atoms with Crippen molar-refractivity contribution >= 4 is 21.9 Å². The molecule has 2 aromatic carbocycles. The van der Waals surface area contributed by atoms with Crippen molar-refractivity contribution in [2.45, 2.75) is 0 Å². The predicted molar refractivity (Wildman–Crippen MR) is 91.2 cm³/mol. The lowest BCUT2D eigenvalue weighted by Gasteiger charge is -2.07. The highest BCUT2D eigenvalue weighted by molar-refractivity contribution is 6.07. The van der Waals surface area contributed by atoms with Crippen LogP contribution in [0.15, 0.2) is 41.8 Å². The number of methoxy groups -OCH3 is 4. The Morgan fingerprint density at radius 3 is 1.22 bits per heavy atom. The van der Waals surface area contributed by atoms with Crippen LogP contribution in [0.3, 0.4) is 0 Å². The molecule has 5 heteroatoms. The van der Waals surface area contributed by atoms with Gasteiger partial charge in [0.05, 0.1) is 28.4 Å². The smallest absolute Gasteiger partial charge is 0.164 e. The first-order valence-electron chi connectivity index (χ1n) is 6.92. The largest absolute Gasteiger partial charge is 0.493 e. The molecule has 0 aliphatic carbocycles. The Morgan fingerprint density at radius 1 is 0.609 bits per heavy atom. The highest BCUT2D eigenvalue weighted by Gasteiger charge is 2.15. The Kier molecular flexibility index (Phi) is 5.01. The fourth-order valence-electron chi connectivity index (χ4n) is 2.43. The van der Waals surface area contributed by atoms with Crippen molar-refractivity contribution in [2.75, 3.05) is 28.4 Å². The highest BCUT2D eigenvalue weighted by atomic mass is 16.5. The number of fused-ring (bicyclic) bond motifs is 3. The zero-order valence-corrected chi connectivity index (χ0v) is 13.8. The molecule has 0 aliphatic heterocycles. The SMILES string of the molecule is C=C.COc1cc2oc3cc(OC)c(OC)cc3c2cc1OC. The lowest BCUT2D eigenvalue weighted by Crippen LogP contribution is -1.90. The van der Waals surface area contributed by atoms with E-state index in [1.54, 1.807) is 28.4 Å². The maximum Gasteiger partial charge on any atom is 0.164 e. The molecule has 0 amide bonds. The molecular weight excluding hydrogens is 296 g/mol. The molecule has 0 unspecified atom stereocenters. The van der Waals surface area contributed by atoms with E-state index in [9.17, 15) is 0 Å². The van der Waals surface area contributed by atoms with Gasteiger partial charge in [-0.3, -0.25) is 0 Å². The van der Waals surface area contributed by atoms with Gasteiger partial charge in [-0.2, -0.15) is 0 Å². The molecular formula is C18H20O5. The summed E-state index contributed by atoms with van der Waals surface area (Å²) >= 11 is 0. The molecule has 0 N–H and O–H groups in total. The second-order valence-corrected chi connectivity index (χ2v) is 4.51. The second kappa shape index (κ2) is 6.96. The minimum absolute atomic E-state index is 0.628. The summed E-state index contributed by atoms with van der Waals surface area (Å²) in [6.07, 6.45) is 0. The van der Waals surface area contributed by atoms with Crippen molar-refractivity contribution in [3.8, 4) is 23.0 Å². The van der Waals surface area contributed by atoms with Crippen molar-refractivity contribution in [2.24, 2.45) is 0 Å². The summed E-state index contributed by atoms with van der Waals surface area (Å²) in [5.74, 6) is 2.57. The maximum atomic E-state index is 5.87. The van der Waals surface area contributed by atoms with E-state index in [0.717, 1.165) is 21.9 Å². The van der Waals surface area contributed by atoms with E-state index in [1.165, 1.54) is 0 Å². The Morgan fingerprint density at radius 2 is 0.913 bits per heavy atom. The van der Waals surface area contributed by atoms with Crippen molar-refractivity contribution in [1.29, 1.82) is 0 Å². The van der Waals surface area contributed by atoms with Gasteiger partial charge in [-0.25, -0.2) is 0 Å². The molecule has 23 heavy (non-hydrogen) atoms. The Labute approximate surface area is 135 Å². The monoisotopic (exact) mass is 316 g/mol. The lowest BCUT2D eigenvalue weighted by molar-refractivity contribution is 0.355. The van der Waals surface area contributed by atoms with Gasteiger partial charge in [-0.1, -0.05) is 0 Å². The molecule has 0 aliphatic rings. The molecule has 3 rings (SSSR count). The molecule has 3 aromatic rings. The van der Waals surface area contributed by atoms with Gasteiger partial charge in [0.15, 0.2) is 23.0 Å². The van der Waals surface area contributed by atoms with Gasteiger partial charge in [0.1, 0.15) is 11.2 Å². The van der Waals surface area contributed by atoms with E-state index in [1.807, 2.05) is 24.3 Å². The first kappa shape index (κ1) is 16.5. The van der Waals surface area contributed by atoms with E-state index < -0.39 is 0 Å². The first-order valence-corrected chi connectivity index (χ1v) is 6.92. The molecule has 0 saturated carbocycles. The fourth-order valence-corrected chi connectivity index (χ4v) is 2.43. The van der Waals surface area contributed by atoms with E-state index >= 15 is 0 Å². The van der Waals surface area contributed by atoms with Gasteiger partial charge < -0.3 is 23.4 Å². The topological polar surface area (TPSA) is 50.1 Å². The van der Waals surface area contributed by atoms with Crippen LogP contribution in [-0.4, -0.2) is 28.4 Å². The van der Waals surface area contributed by atoms with Crippen molar-refractivity contribution < 1.29 is 23.4 Å². The van der Waals surface area contributed by atoms with Gasteiger partial charge in [-0.15, -0.1) is 13.2 Å². The summed E-state index contributed by atoms with van der Waals surface area (Å²) in [5, 5.41) is 1.87. The predicted octanol–water partition coefficient (Wildman–Crippen LogP) is 4.42. The fraction of sp³-hybridized carbons (Fsp3) is 0.222. The van der Waals surface area contributed by atoms with Crippen LogP contribution in [0.4, 0.5) is 0 Å². The third-order valence-corrected chi connectivity index (χ3v) is 3.48. The molecule has 5 nitrogen and oxygen atoms in total. The average molecular weight is 316 g/mol. The first-order chi connectivity index (χ1) is 11.2. The van der Waals surface area contributed by atoms with Crippen molar-refractivity contribution in [1.82, 2.24) is 0 Å². The third kappa shape index (κ3) is 2.77. The van der Waals surface area contributed by atoms with Gasteiger partial charge in [-0.05, 0) is 12.1 Å². The standard InChI is InChI=1S/C16H16O5.C2H4/c1-17-13-5-9-10-6-14(18-2)16(20-4)8-12(10)21-11(9)7-15(13)19-3;1-2/h5-8H,1-4H3;1-2H2. The van der Waals surface area contributed by atoms with Crippen molar-refractivity contribution in [3.05, 3.63) is 37.4 Å². The summed E-state index contributed by atoms with van der Waals surface area (Å²) in [5.41, 5.74) is 1.44. The van der Waals surface area contributed by atoms with Gasteiger partial charge in [0.2, 0.25) is 0 Å². The molecule has 1 aromatic heterocycles. The zero-order valence-electron chi connectivity index (χ0n) is 13.8. The van der Waals surface area contributed by atoms with Crippen LogP contribution in [0.25, 0.3) is 21.9 Å². The number of ether oxygens (including phenoxy) is 4. The van der Waals surface area contributed by atoms with Gasteiger partial charge >= 0.3 is 0 Å². The minimum Gasteiger partial charge on any atom is -0.493 e. The quantitative estimate of drug-likeness (QED) is 0.667. The Balaban J connectivity index is 0.000000924. The molecule has 0 atom stereocenters. The maximum absolute atomic E-state index is 5.87. The summed E-state index contributed by atoms with van der Waals surface area (Å²) in [6.45, 7) is 6.00. The number of hydrogen-bond acceptors (Lipinski definition) is 5. The molecule has 0 fully saturated rings. The second-order valence-electron chi connectivity index (χ2n) is 4.51. The van der Waals surface area contributed by atoms with Crippen LogP contribution >= 0.6 is 0 Å². The minimum atomic E-state index is 0.628. The summed E-state index contributed by atoms with van der Waals surface area (Å²) in [4.78, 5) is 0. The summed E-state index contributed by atoms with van der Waals surface area (Å²) in [7, 11) is 6.40. The third-order valence-electron chi connectivity index (χ3n) is 3.48.